The van der Waals surface area contributed by atoms with Crippen LogP contribution in [0.1, 0.15) is 17.3 Å². The summed E-state index contributed by atoms with van der Waals surface area (Å²) in [5, 5.41) is 2.65. The van der Waals surface area contributed by atoms with E-state index < -0.39 is 0 Å². The number of rotatable bonds is 4. The Morgan fingerprint density at radius 3 is 2.94 bits per heavy atom. The molecule has 0 radical (unpaired) electrons. The Morgan fingerprint density at radius 2 is 2.38 bits per heavy atom. The van der Waals surface area contributed by atoms with Crippen LogP contribution >= 0.6 is 12.2 Å². The summed E-state index contributed by atoms with van der Waals surface area (Å²) >= 11 is 4.78. The lowest BCUT2D eigenvalue weighted by molar-refractivity contribution is 0.0951. The molecule has 1 aromatic rings. The fraction of sp³-hybridized carbons (Fsp3) is 0.300. The van der Waals surface area contributed by atoms with Gasteiger partial charge in [0, 0.05) is 30.3 Å². The molecule has 1 unspecified atom stereocenters. The highest BCUT2D eigenvalue weighted by molar-refractivity contribution is 7.80. The molecule has 1 heterocycles. The van der Waals surface area contributed by atoms with Crippen molar-refractivity contribution in [2.45, 2.75) is 6.92 Å². The minimum absolute atomic E-state index is 0.0686. The largest absolute Gasteiger partial charge is 0.393 e. The summed E-state index contributed by atoms with van der Waals surface area (Å²) < 4.78 is 0. The Labute approximate surface area is 98.0 Å². The number of nitrogens with two attached hydrogens (primary N) is 1. The zero-order chi connectivity index (χ0) is 12.1. The molecule has 0 spiro atoms. The second kappa shape index (κ2) is 5.41. The Hall–Kier alpha value is -1.69. The molecule has 16 heavy (non-hydrogen) atoms. The van der Waals surface area contributed by atoms with Gasteiger partial charge in [-0.05, 0) is 6.07 Å². The van der Waals surface area contributed by atoms with Gasteiger partial charge in [-0.1, -0.05) is 19.1 Å². The number of carbonyl (C=O) groups excluding carboxylic acids is 1. The Bertz CT molecular complexity index is 455. The average molecular weight is 239 g/mol. The van der Waals surface area contributed by atoms with Gasteiger partial charge in [0.05, 0.1) is 4.99 Å². The lowest BCUT2D eigenvalue weighted by Crippen LogP contribution is -2.34. The molecule has 0 bridgehead atoms. The SMILES string of the molecule is CC(CNC(=O)c1cc[nH]c(=O)c1)C(N)=S. The van der Waals surface area contributed by atoms with Crippen LogP contribution in [-0.4, -0.2) is 22.4 Å². The van der Waals surface area contributed by atoms with E-state index in [-0.39, 0.29) is 17.4 Å². The second-order valence-corrected chi connectivity index (χ2v) is 3.93. The van der Waals surface area contributed by atoms with E-state index >= 15 is 0 Å². The van der Waals surface area contributed by atoms with Gasteiger partial charge in [-0.15, -0.1) is 0 Å². The monoisotopic (exact) mass is 239 g/mol. The third-order valence-corrected chi connectivity index (χ3v) is 2.49. The first-order chi connectivity index (χ1) is 7.50. The molecular formula is C10H13N3O2S. The van der Waals surface area contributed by atoms with Crippen LogP contribution in [0.3, 0.4) is 0 Å². The Balaban J connectivity index is 2.60. The van der Waals surface area contributed by atoms with Crippen molar-refractivity contribution in [1.29, 1.82) is 0 Å². The molecule has 0 fully saturated rings. The molecule has 0 saturated carbocycles. The quantitative estimate of drug-likeness (QED) is 0.647. The van der Waals surface area contributed by atoms with E-state index in [2.05, 4.69) is 10.3 Å². The predicted octanol–water partition coefficient (Wildman–Crippen LogP) is 0.0269. The molecule has 1 amide bonds. The molecule has 0 aliphatic heterocycles. The van der Waals surface area contributed by atoms with Gasteiger partial charge in [0.15, 0.2) is 0 Å². The minimum atomic E-state index is -0.311. The van der Waals surface area contributed by atoms with Crippen molar-refractivity contribution >= 4 is 23.1 Å². The van der Waals surface area contributed by atoms with Gasteiger partial charge in [0.2, 0.25) is 5.56 Å². The van der Waals surface area contributed by atoms with Gasteiger partial charge in [-0.25, -0.2) is 0 Å². The highest BCUT2D eigenvalue weighted by Crippen LogP contribution is 1.96. The molecule has 0 aliphatic carbocycles. The second-order valence-electron chi connectivity index (χ2n) is 3.46. The molecule has 1 rings (SSSR count). The maximum absolute atomic E-state index is 11.6. The third-order valence-electron chi connectivity index (χ3n) is 2.09. The number of H-pyrrole nitrogens is 1. The predicted molar refractivity (Wildman–Crippen MR) is 65.3 cm³/mol. The van der Waals surface area contributed by atoms with E-state index in [0.717, 1.165) is 0 Å². The van der Waals surface area contributed by atoms with Crippen molar-refractivity contribution in [1.82, 2.24) is 10.3 Å². The van der Waals surface area contributed by atoms with Gasteiger partial charge in [0.25, 0.3) is 5.91 Å². The van der Waals surface area contributed by atoms with Crippen LogP contribution in [0.2, 0.25) is 0 Å². The first-order valence-electron chi connectivity index (χ1n) is 4.77. The fourth-order valence-electron chi connectivity index (χ4n) is 1.03. The van der Waals surface area contributed by atoms with Gasteiger partial charge < -0.3 is 16.0 Å². The van der Waals surface area contributed by atoms with E-state index in [1.165, 1.54) is 18.3 Å². The maximum atomic E-state index is 11.6. The Morgan fingerprint density at radius 1 is 1.69 bits per heavy atom. The highest BCUT2D eigenvalue weighted by Gasteiger charge is 2.09. The number of hydrogen-bond donors (Lipinski definition) is 3. The molecule has 6 heteroatoms. The van der Waals surface area contributed by atoms with Gasteiger partial charge in [0.1, 0.15) is 0 Å². The van der Waals surface area contributed by atoms with Gasteiger partial charge in [-0.2, -0.15) is 0 Å². The number of aromatic nitrogens is 1. The summed E-state index contributed by atoms with van der Waals surface area (Å²) in [4.78, 5) is 25.3. The smallest absolute Gasteiger partial charge is 0.251 e. The number of pyridine rings is 1. The van der Waals surface area contributed by atoms with E-state index in [4.69, 9.17) is 18.0 Å². The van der Waals surface area contributed by atoms with Crippen molar-refractivity contribution in [3.8, 4) is 0 Å². The molecule has 4 N–H and O–H groups in total. The molecule has 5 nitrogen and oxygen atoms in total. The summed E-state index contributed by atoms with van der Waals surface area (Å²) in [7, 11) is 0. The van der Waals surface area contributed by atoms with Crippen LogP contribution in [0.5, 0.6) is 0 Å². The van der Waals surface area contributed by atoms with Gasteiger partial charge >= 0.3 is 0 Å². The minimum Gasteiger partial charge on any atom is -0.393 e. The van der Waals surface area contributed by atoms with Gasteiger partial charge in [-0.3, -0.25) is 9.59 Å². The van der Waals surface area contributed by atoms with Crippen LogP contribution in [0.4, 0.5) is 0 Å². The number of carbonyl (C=O) groups is 1. The number of thiocarbonyl (C=S) groups is 1. The molecule has 0 aromatic carbocycles. The van der Waals surface area contributed by atoms with Crippen LogP contribution < -0.4 is 16.6 Å². The summed E-state index contributed by atoms with van der Waals surface area (Å²) in [5.41, 5.74) is 5.42. The first-order valence-corrected chi connectivity index (χ1v) is 5.18. The number of aromatic amines is 1. The average Bonchev–Trinajstić information content (AvgIpc) is 2.25. The number of amides is 1. The molecule has 86 valence electrons. The van der Waals surface area contributed by atoms with E-state index in [0.29, 0.717) is 17.1 Å². The summed E-state index contributed by atoms with van der Waals surface area (Å²) in [5.74, 6) is -0.379. The zero-order valence-electron chi connectivity index (χ0n) is 8.82. The van der Waals surface area contributed by atoms with E-state index in [9.17, 15) is 9.59 Å². The standard InChI is InChI=1S/C10H13N3O2S/c1-6(9(11)16)5-13-10(15)7-2-3-12-8(14)4-7/h2-4,6H,5H2,1H3,(H2,11,16)(H,12,14)(H,13,15). The van der Waals surface area contributed by atoms with Crippen molar-refractivity contribution in [3.05, 3.63) is 34.2 Å². The lowest BCUT2D eigenvalue weighted by Gasteiger charge is -2.10. The topological polar surface area (TPSA) is 88.0 Å². The zero-order valence-corrected chi connectivity index (χ0v) is 9.64. The van der Waals surface area contributed by atoms with Crippen LogP contribution in [-0.2, 0) is 0 Å². The summed E-state index contributed by atoms with van der Waals surface area (Å²) in [6, 6.07) is 2.77. The normalized spacial score (nSPS) is 11.8. The summed E-state index contributed by atoms with van der Waals surface area (Å²) in [6.07, 6.45) is 1.42. The molecule has 1 aromatic heterocycles. The van der Waals surface area contributed by atoms with E-state index in [1.807, 2.05) is 6.92 Å². The summed E-state index contributed by atoms with van der Waals surface area (Å²) in [6.45, 7) is 2.18. The first kappa shape index (κ1) is 12.4. The van der Waals surface area contributed by atoms with Crippen molar-refractivity contribution in [3.63, 3.8) is 0 Å². The van der Waals surface area contributed by atoms with Crippen molar-refractivity contribution in [2.75, 3.05) is 6.54 Å². The molecule has 0 saturated heterocycles. The van der Waals surface area contributed by atoms with Crippen molar-refractivity contribution < 1.29 is 4.79 Å². The molecule has 0 aliphatic rings. The number of nitrogens with one attached hydrogen (secondary N) is 2. The molecule has 1 atom stereocenters. The third kappa shape index (κ3) is 3.47. The van der Waals surface area contributed by atoms with E-state index in [1.54, 1.807) is 0 Å². The highest BCUT2D eigenvalue weighted by atomic mass is 32.1. The Kier molecular flexibility index (Phi) is 4.19. The molecular weight excluding hydrogens is 226 g/mol. The van der Waals surface area contributed by atoms with Crippen LogP contribution in [0, 0.1) is 5.92 Å². The fourth-order valence-corrected chi connectivity index (χ4v) is 1.12. The van der Waals surface area contributed by atoms with Crippen LogP contribution in [0.25, 0.3) is 0 Å². The van der Waals surface area contributed by atoms with Crippen molar-refractivity contribution in [2.24, 2.45) is 11.7 Å². The van der Waals surface area contributed by atoms with Crippen LogP contribution in [0.15, 0.2) is 23.1 Å². The lowest BCUT2D eigenvalue weighted by atomic mass is 10.2. The maximum Gasteiger partial charge on any atom is 0.251 e. The number of hydrogen-bond acceptors (Lipinski definition) is 3.